The number of nitro groups is 1. The quantitative estimate of drug-likeness (QED) is 0.426. The minimum Gasteiger partial charge on any atom is -0.479 e. The number of hydrogen-bond donors (Lipinski definition) is 4. The highest BCUT2D eigenvalue weighted by Crippen LogP contribution is 2.27. The third-order valence-corrected chi connectivity index (χ3v) is 2.42. The molecule has 10 heteroatoms. The average Bonchev–Trinajstić information content (AvgIpc) is 2.83. The second-order valence-corrected chi connectivity index (χ2v) is 3.65. The number of aromatic amines is 1. The number of rotatable bonds is 5. The number of nitro benzene ring substituents is 1. The van der Waals surface area contributed by atoms with Gasteiger partial charge in [0.05, 0.1) is 17.2 Å². The van der Waals surface area contributed by atoms with Crippen molar-refractivity contribution in [3.8, 4) is 0 Å². The summed E-state index contributed by atoms with van der Waals surface area (Å²) >= 11 is 0. The summed E-state index contributed by atoms with van der Waals surface area (Å²) in [6.07, 6.45) is -1.59. The predicted molar refractivity (Wildman–Crippen MR) is 62.7 cm³/mol. The molecule has 0 bridgehead atoms. The van der Waals surface area contributed by atoms with Crippen molar-refractivity contribution in [2.45, 2.75) is 6.10 Å². The minimum absolute atomic E-state index is 0.0554. The number of nitrogens with zero attached hydrogens (tertiary/aromatic N) is 3. The first-order valence-corrected chi connectivity index (χ1v) is 5.13. The van der Waals surface area contributed by atoms with Crippen molar-refractivity contribution in [1.82, 2.24) is 15.4 Å². The number of carbonyl (C=O) groups is 1. The van der Waals surface area contributed by atoms with Crippen LogP contribution in [-0.2, 0) is 4.79 Å². The maximum atomic E-state index is 10.8. The summed E-state index contributed by atoms with van der Waals surface area (Å²) < 4.78 is 0. The van der Waals surface area contributed by atoms with E-state index >= 15 is 0 Å². The molecule has 2 aromatic rings. The van der Waals surface area contributed by atoms with Gasteiger partial charge in [-0.3, -0.25) is 10.1 Å². The number of carboxylic acid groups (broad SMARTS) is 1. The van der Waals surface area contributed by atoms with E-state index in [1.807, 2.05) is 0 Å². The molecule has 19 heavy (non-hydrogen) atoms. The molecule has 4 N–H and O–H groups in total. The van der Waals surface area contributed by atoms with E-state index in [9.17, 15) is 14.9 Å². The summed E-state index contributed by atoms with van der Waals surface area (Å²) in [6, 6.07) is 2.60. The van der Waals surface area contributed by atoms with Crippen LogP contribution in [0.1, 0.15) is 0 Å². The first-order chi connectivity index (χ1) is 9.00. The highest BCUT2D eigenvalue weighted by molar-refractivity contribution is 5.93. The molecule has 1 atom stereocenters. The molecule has 1 aromatic carbocycles. The van der Waals surface area contributed by atoms with Gasteiger partial charge in [-0.05, 0) is 6.07 Å². The van der Waals surface area contributed by atoms with E-state index in [0.717, 1.165) is 0 Å². The molecular formula is C9H9N5O5. The third kappa shape index (κ3) is 2.42. The van der Waals surface area contributed by atoms with Gasteiger partial charge in [-0.25, -0.2) is 4.79 Å². The van der Waals surface area contributed by atoms with Crippen molar-refractivity contribution in [2.24, 2.45) is 0 Å². The number of aliphatic hydroxyl groups is 1. The van der Waals surface area contributed by atoms with Crippen molar-refractivity contribution in [2.75, 3.05) is 11.9 Å². The molecule has 0 aliphatic rings. The molecule has 0 saturated heterocycles. The number of non-ortho nitro benzene ring substituents is 1. The summed E-state index contributed by atoms with van der Waals surface area (Å²) in [4.78, 5) is 20.6. The van der Waals surface area contributed by atoms with Crippen LogP contribution in [0.25, 0.3) is 11.0 Å². The highest BCUT2D eigenvalue weighted by Gasteiger charge is 2.19. The zero-order chi connectivity index (χ0) is 14.0. The van der Waals surface area contributed by atoms with E-state index in [2.05, 4.69) is 20.7 Å². The zero-order valence-corrected chi connectivity index (χ0v) is 9.40. The third-order valence-electron chi connectivity index (χ3n) is 2.42. The van der Waals surface area contributed by atoms with Gasteiger partial charge in [-0.15, -0.1) is 5.10 Å². The van der Waals surface area contributed by atoms with Crippen LogP contribution in [0.5, 0.6) is 0 Å². The Balaban J connectivity index is 2.30. The Hall–Kier alpha value is -2.75. The van der Waals surface area contributed by atoms with Crippen molar-refractivity contribution in [3.63, 3.8) is 0 Å². The molecular weight excluding hydrogens is 258 g/mol. The fraction of sp³-hybridized carbons (Fsp3) is 0.222. The van der Waals surface area contributed by atoms with E-state index in [1.54, 1.807) is 0 Å². The molecule has 0 unspecified atom stereocenters. The zero-order valence-electron chi connectivity index (χ0n) is 9.40. The topological polar surface area (TPSA) is 154 Å². The fourth-order valence-corrected chi connectivity index (χ4v) is 1.50. The number of aliphatic carboxylic acids is 1. The lowest BCUT2D eigenvalue weighted by Gasteiger charge is -2.08. The van der Waals surface area contributed by atoms with E-state index in [1.165, 1.54) is 12.1 Å². The first-order valence-electron chi connectivity index (χ1n) is 5.13. The lowest BCUT2D eigenvalue weighted by atomic mass is 10.2. The molecule has 0 aliphatic heterocycles. The van der Waals surface area contributed by atoms with E-state index in [-0.39, 0.29) is 23.3 Å². The number of H-pyrrole nitrogens is 1. The predicted octanol–water partition coefficient (Wildman–Crippen LogP) is -0.277. The average molecular weight is 267 g/mol. The van der Waals surface area contributed by atoms with Crippen LogP contribution in [0.3, 0.4) is 0 Å². The Morgan fingerprint density at radius 2 is 2.16 bits per heavy atom. The standard InChI is InChI=1S/C9H9N5O5/c15-6(9(16)17)3-10-4-1-2-5(14(18)19)8-7(4)11-13-12-8/h1-2,6,10,15H,3H2,(H,16,17)(H,11,12,13)/t6-/m0/s1. The minimum atomic E-state index is -1.59. The maximum absolute atomic E-state index is 10.8. The van der Waals surface area contributed by atoms with Crippen molar-refractivity contribution < 1.29 is 19.9 Å². The SMILES string of the molecule is O=C(O)[C@@H](O)CNc1ccc([N+](=O)[O-])c2n[nH]nc12. The van der Waals surface area contributed by atoms with Gasteiger partial charge in [0.2, 0.25) is 0 Å². The van der Waals surface area contributed by atoms with Gasteiger partial charge in [-0.2, -0.15) is 10.3 Å². The van der Waals surface area contributed by atoms with Gasteiger partial charge in [0.25, 0.3) is 5.69 Å². The number of hydrogen-bond acceptors (Lipinski definition) is 7. The Kier molecular flexibility index (Phi) is 3.25. The largest absolute Gasteiger partial charge is 0.479 e. The summed E-state index contributed by atoms with van der Waals surface area (Å²) in [5, 5.41) is 40.8. The molecule has 2 rings (SSSR count). The van der Waals surface area contributed by atoms with Crippen LogP contribution in [0.2, 0.25) is 0 Å². The van der Waals surface area contributed by atoms with Crippen molar-refractivity contribution >= 4 is 28.4 Å². The Labute approximate surface area is 105 Å². The second kappa shape index (κ2) is 4.86. The van der Waals surface area contributed by atoms with Crippen LogP contribution in [0, 0.1) is 10.1 Å². The van der Waals surface area contributed by atoms with Gasteiger partial charge >= 0.3 is 5.97 Å². The number of carboxylic acids is 1. The molecule has 0 spiro atoms. The Bertz CT molecular complexity index is 639. The summed E-state index contributed by atoms with van der Waals surface area (Å²) in [5.41, 5.74) is 0.384. The normalized spacial score (nSPS) is 12.3. The van der Waals surface area contributed by atoms with Crippen LogP contribution in [-0.4, -0.2) is 49.2 Å². The number of nitrogens with one attached hydrogen (secondary N) is 2. The molecule has 1 heterocycles. The van der Waals surface area contributed by atoms with E-state index in [4.69, 9.17) is 10.2 Å². The number of fused-ring (bicyclic) bond motifs is 1. The van der Waals surface area contributed by atoms with Gasteiger partial charge in [0, 0.05) is 6.07 Å². The van der Waals surface area contributed by atoms with Gasteiger partial charge in [0.15, 0.2) is 11.6 Å². The van der Waals surface area contributed by atoms with Gasteiger partial charge in [-0.1, -0.05) is 0 Å². The molecule has 1 aromatic heterocycles. The maximum Gasteiger partial charge on any atom is 0.334 e. The number of benzene rings is 1. The number of aliphatic hydroxyl groups excluding tert-OH is 1. The van der Waals surface area contributed by atoms with Crippen LogP contribution in [0.15, 0.2) is 12.1 Å². The molecule has 0 fully saturated rings. The second-order valence-electron chi connectivity index (χ2n) is 3.65. The highest BCUT2D eigenvalue weighted by atomic mass is 16.6. The lowest BCUT2D eigenvalue weighted by molar-refractivity contribution is -0.383. The molecule has 100 valence electrons. The molecule has 0 amide bonds. The number of anilines is 1. The van der Waals surface area contributed by atoms with Crippen LogP contribution >= 0.6 is 0 Å². The Morgan fingerprint density at radius 1 is 1.47 bits per heavy atom. The van der Waals surface area contributed by atoms with Crippen molar-refractivity contribution in [3.05, 3.63) is 22.2 Å². The smallest absolute Gasteiger partial charge is 0.334 e. The monoisotopic (exact) mass is 267 g/mol. The molecule has 0 saturated carbocycles. The van der Waals surface area contributed by atoms with Gasteiger partial charge < -0.3 is 15.5 Å². The lowest BCUT2D eigenvalue weighted by Crippen LogP contribution is -2.28. The number of aromatic nitrogens is 3. The van der Waals surface area contributed by atoms with E-state index in [0.29, 0.717) is 5.69 Å². The Morgan fingerprint density at radius 3 is 2.79 bits per heavy atom. The molecule has 0 aliphatic carbocycles. The van der Waals surface area contributed by atoms with Gasteiger partial charge in [0.1, 0.15) is 5.52 Å². The summed E-state index contributed by atoms with van der Waals surface area (Å²) in [7, 11) is 0. The molecule has 0 radical (unpaired) electrons. The molecule has 10 nitrogen and oxygen atoms in total. The van der Waals surface area contributed by atoms with Crippen LogP contribution < -0.4 is 5.32 Å². The summed E-state index contributed by atoms with van der Waals surface area (Å²) in [5.74, 6) is -1.37. The van der Waals surface area contributed by atoms with Crippen LogP contribution in [0.4, 0.5) is 11.4 Å². The van der Waals surface area contributed by atoms with E-state index < -0.39 is 17.0 Å². The first kappa shape index (κ1) is 12.7. The van der Waals surface area contributed by atoms with Crippen molar-refractivity contribution in [1.29, 1.82) is 0 Å². The summed E-state index contributed by atoms with van der Waals surface area (Å²) in [6.45, 7) is -0.255. The fourth-order valence-electron chi connectivity index (χ4n) is 1.50.